The Labute approximate surface area is 148 Å². The summed E-state index contributed by atoms with van der Waals surface area (Å²) in [5.41, 5.74) is 2.48. The van der Waals surface area contributed by atoms with Gasteiger partial charge in [0.05, 0.1) is 11.7 Å². The van der Waals surface area contributed by atoms with E-state index in [1.807, 2.05) is 36.4 Å². The maximum absolute atomic E-state index is 12.6. The van der Waals surface area contributed by atoms with Crippen LogP contribution in [0.1, 0.15) is 41.6 Å². The van der Waals surface area contributed by atoms with Crippen LogP contribution in [0, 0.1) is 5.92 Å². The molecule has 5 nitrogen and oxygen atoms in total. The molecule has 1 aliphatic carbocycles. The Morgan fingerprint density at radius 3 is 2.80 bits per heavy atom. The van der Waals surface area contributed by atoms with Crippen molar-refractivity contribution in [3.63, 3.8) is 0 Å². The second-order valence-electron chi connectivity index (χ2n) is 6.58. The van der Waals surface area contributed by atoms with Crippen molar-refractivity contribution in [2.24, 2.45) is 5.92 Å². The maximum atomic E-state index is 12.6. The number of para-hydroxylation sites is 1. The predicted octanol–water partition coefficient (Wildman–Crippen LogP) is 2.97. The predicted molar refractivity (Wildman–Crippen MR) is 98.3 cm³/mol. The van der Waals surface area contributed by atoms with Crippen molar-refractivity contribution < 1.29 is 9.90 Å². The fraction of sp³-hybridized carbons (Fsp3) is 0.400. The first-order valence-electron chi connectivity index (χ1n) is 8.92. The Balaban J connectivity index is 1.60. The Morgan fingerprint density at radius 1 is 1.16 bits per heavy atom. The van der Waals surface area contributed by atoms with Crippen LogP contribution in [0.25, 0.3) is 0 Å². The number of aliphatic hydroxyl groups excluding tert-OH is 1. The van der Waals surface area contributed by atoms with Crippen LogP contribution in [-0.4, -0.2) is 28.6 Å². The van der Waals surface area contributed by atoms with Gasteiger partial charge in [-0.1, -0.05) is 31.0 Å². The van der Waals surface area contributed by atoms with E-state index in [2.05, 4.69) is 15.6 Å². The summed E-state index contributed by atoms with van der Waals surface area (Å²) >= 11 is 0. The SMILES string of the molecule is O=C(NC[C@@H]1CCCC[C@H]1O)c1ccccc1NCc1cccnc1. The Bertz CT molecular complexity index is 690. The molecule has 1 aromatic heterocycles. The largest absolute Gasteiger partial charge is 0.393 e. The van der Waals surface area contributed by atoms with Crippen LogP contribution in [0.4, 0.5) is 5.69 Å². The number of hydrogen-bond acceptors (Lipinski definition) is 4. The number of aliphatic hydroxyl groups is 1. The lowest BCUT2D eigenvalue weighted by atomic mass is 9.86. The summed E-state index contributed by atoms with van der Waals surface area (Å²) < 4.78 is 0. The summed E-state index contributed by atoms with van der Waals surface area (Å²) in [4.78, 5) is 16.7. The fourth-order valence-electron chi connectivity index (χ4n) is 3.28. The third-order valence-electron chi connectivity index (χ3n) is 4.77. The lowest BCUT2D eigenvalue weighted by Gasteiger charge is -2.27. The van der Waals surface area contributed by atoms with Crippen LogP contribution >= 0.6 is 0 Å². The monoisotopic (exact) mass is 339 g/mol. The molecule has 3 rings (SSSR count). The van der Waals surface area contributed by atoms with Crippen LogP contribution in [0.15, 0.2) is 48.8 Å². The van der Waals surface area contributed by atoms with Gasteiger partial charge < -0.3 is 15.7 Å². The van der Waals surface area contributed by atoms with Crippen molar-refractivity contribution >= 4 is 11.6 Å². The van der Waals surface area contributed by atoms with Gasteiger partial charge >= 0.3 is 0 Å². The third kappa shape index (κ3) is 4.79. The first kappa shape index (κ1) is 17.4. The molecule has 0 aliphatic heterocycles. The molecule has 1 aromatic carbocycles. The molecule has 1 saturated carbocycles. The molecule has 2 atom stereocenters. The van der Waals surface area contributed by atoms with Crippen molar-refractivity contribution in [2.45, 2.75) is 38.3 Å². The Hall–Kier alpha value is -2.40. The highest BCUT2D eigenvalue weighted by molar-refractivity contribution is 5.99. The van der Waals surface area contributed by atoms with Crippen molar-refractivity contribution in [3.05, 3.63) is 59.9 Å². The van der Waals surface area contributed by atoms with Crippen molar-refractivity contribution in [3.8, 4) is 0 Å². The number of carbonyl (C=O) groups excluding carboxylic acids is 1. The number of rotatable bonds is 6. The van der Waals surface area contributed by atoms with Gasteiger partial charge in [-0.3, -0.25) is 9.78 Å². The molecule has 0 saturated heterocycles. The summed E-state index contributed by atoms with van der Waals surface area (Å²) in [6.45, 7) is 1.14. The summed E-state index contributed by atoms with van der Waals surface area (Å²) in [5, 5.41) is 16.3. The highest BCUT2D eigenvalue weighted by atomic mass is 16.3. The van der Waals surface area contributed by atoms with Gasteiger partial charge in [0, 0.05) is 37.1 Å². The number of nitrogens with zero attached hydrogens (tertiary/aromatic N) is 1. The van der Waals surface area contributed by atoms with E-state index >= 15 is 0 Å². The van der Waals surface area contributed by atoms with Gasteiger partial charge in [0.25, 0.3) is 5.91 Å². The van der Waals surface area contributed by atoms with Gasteiger partial charge in [0.15, 0.2) is 0 Å². The number of carbonyl (C=O) groups is 1. The Kier molecular flexibility index (Phi) is 6.01. The van der Waals surface area contributed by atoms with Gasteiger partial charge in [-0.05, 0) is 36.6 Å². The molecule has 2 aromatic rings. The number of hydrogen-bond donors (Lipinski definition) is 3. The van der Waals surface area contributed by atoms with Gasteiger partial charge in [-0.2, -0.15) is 0 Å². The molecule has 25 heavy (non-hydrogen) atoms. The van der Waals surface area contributed by atoms with E-state index in [9.17, 15) is 9.90 Å². The van der Waals surface area contributed by atoms with Crippen LogP contribution in [0.2, 0.25) is 0 Å². The first-order valence-corrected chi connectivity index (χ1v) is 8.92. The third-order valence-corrected chi connectivity index (χ3v) is 4.77. The highest BCUT2D eigenvalue weighted by Gasteiger charge is 2.23. The van der Waals surface area contributed by atoms with Gasteiger partial charge in [0.1, 0.15) is 0 Å². The average molecular weight is 339 g/mol. The fourth-order valence-corrected chi connectivity index (χ4v) is 3.28. The molecule has 1 amide bonds. The van der Waals surface area contributed by atoms with Crippen LogP contribution in [0.3, 0.4) is 0 Å². The van der Waals surface area contributed by atoms with E-state index in [1.54, 1.807) is 12.4 Å². The number of pyridine rings is 1. The van der Waals surface area contributed by atoms with Crippen molar-refractivity contribution in [2.75, 3.05) is 11.9 Å². The van der Waals surface area contributed by atoms with E-state index in [0.717, 1.165) is 36.9 Å². The van der Waals surface area contributed by atoms with E-state index in [1.165, 1.54) is 0 Å². The molecular weight excluding hydrogens is 314 g/mol. The minimum Gasteiger partial charge on any atom is -0.393 e. The second-order valence-corrected chi connectivity index (χ2v) is 6.58. The second kappa shape index (κ2) is 8.62. The highest BCUT2D eigenvalue weighted by Crippen LogP contribution is 2.24. The zero-order chi connectivity index (χ0) is 17.5. The zero-order valence-electron chi connectivity index (χ0n) is 14.3. The molecule has 1 fully saturated rings. The molecule has 0 radical (unpaired) electrons. The lowest BCUT2D eigenvalue weighted by Crippen LogP contribution is -2.36. The molecule has 1 heterocycles. The molecule has 132 valence electrons. The molecule has 0 unspecified atom stereocenters. The minimum absolute atomic E-state index is 0.105. The summed E-state index contributed by atoms with van der Waals surface area (Å²) in [7, 11) is 0. The topological polar surface area (TPSA) is 74.2 Å². The summed E-state index contributed by atoms with van der Waals surface area (Å²) in [6, 6.07) is 11.4. The zero-order valence-corrected chi connectivity index (χ0v) is 14.3. The van der Waals surface area contributed by atoms with Gasteiger partial charge in [0.2, 0.25) is 0 Å². The Morgan fingerprint density at radius 2 is 2.00 bits per heavy atom. The molecule has 1 aliphatic rings. The first-order chi connectivity index (χ1) is 12.2. The van der Waals surface area contributed by atoms with Gasteiger partial charge in [-0.25, -0.2) is 0 Å². The number of nitrogens with one attached hydrogen (secondary N) is 2. The lowest BCUT2D eigenvalue weighted by molar-refractivity contribution is 0.0663. The molecule has 3 N–H and O–H groups in total. The van der Waals surface area contributed by atoms with Crippen LogP contribution < -0.4 is 10.6 Å². The van der Waals surface area contributed by atoms with E-state index in [0.29, 0.717) is 18.7 Å². The van der Waals surface area contributed by atoms with Crippen LogP contribution in [0.5, 0.6) is 0 Å². The number of anilines is 1. The maximum Gasteiger partial charge on any atom is 0.253 e. The van der Waals surface area contributed by atoms with Crippen molar-refractivity contribution in [1.29, 1.82) is 0 Å². The number of amides is 1. The van der Waals surface area contributed by atoms with Crippen LogP contribution in [-0.2, 0) is 6.54 Å². The summed E-state index contributed by atoms with van der Waals surface area (Å²) in [5.74, 6) is 0.0558. The molecule has 0 bridgehead atoms. The van der Waals surface area contributed by atoms with E-state index in [-0.39, 0.29) is 17.9 Å². The normalized spacial score (nSPS) is 20.0. The molecular formula is C20H25N3O2. The minimum atomic E-state index is -0.298. The smallest absolute Gasteiger partial charge is 0.253 e. The quantitative estimate of drug-likeness (QED) is 0.756. The average Bonchev–Trinajstić information content (AvgIpc) is 2.66. The molecule has 5 heteroatoms. The number of benzene rings is 1. The number of aromatic nitrogens is 1. The molecule has 0 spiro atoms. The summed E-state index contributed by atoms with van der Waals surface area (Å²) in [6.07, 6.45) is 7.26. The standard InChI is InChI=1S/C20H25N3O2/c24-19-10-4-1-7-16(19)14-23-20(25)17-8-2-3-9-18(17)22-13-15-6-5-11-21-12-15/h2-3,5-6,8-9,11-12,16,19,22,24H,1,4,7,10,13-14H2,(H,23,25)/t16-,19+/m0/s1. The van der Waals surface area contributed by atoms with Gasteiger partial charge in [-0.15, -0.1) is 0 Å². The van der Waals surface area contributed by atoms with E-state index in [4.69, 9.17) is 0 Å². The van der Waals surface area contributed by atoms with Crippen molar-refractivity contribution in [1.82, 2.24) is 10.3 Å². The van der Waals surface area contributed by atoms with E-state index < -0.39 is 0 Å².